The molecule has 4 aromatic rings. The summed E-state index contributed by atoms with van der Waals surface area (Å²) in [7, 11) is 0. The van der Waals surface area contributed by atoms with Crippen LogP contribution in [0.3, 0.4) is 0 Å². The van der Waals surface area contributed by atoms with Crippen molar-refractivity contribution in [3.63, 3.8) is 0 Å². The lowest BCUT2D eigenvalue weighted by Gasteiger charge is -2.12. The van der Waals surface area contributed by atoms with Crippen LogP contribution in [0.25, 0.3) is 16.9 Å². The fourth-order valence-corrected chi connectivity index (χ4v) is 3.30. The van der Waals surface area contributed by atoms with Crippen LogP contribution in [-0.4, -0.2) is 32.4 Å². The number of urea groups is 1. The number of anilines is 1. The van der Waals surface area contributed by atoms with Crippen molar-refractivity contribution in [2.24, 2.45) is 0 Å². The van der Waals surface area contributed by atoms with Crippen molar-refractivity contribution in [2.75, 3.05) is 11.9 Å². The summed E-state index contributed by atoms with van der Waals surface area (Å²) in [5.74, 6) is 0.834. The molecular formula is C24H21F3N6O2. The van der Waals surface area contributed by atoms with Gasteiger partial charge in [-0.05, 0) is 43.3 Å². The molecule has 0 radical (unpaired) electrons. The van der Waals surface area contributed by atoms with Gasteiger partial charge in [0, 0.05) is 30.1 Å². The van der Waals surface area contributed by atoms with E-state index in [0.29, 0.717) is 17.9 Å². The van der Waals surface area contributed by atoms with E-state index in [2.05, 4.69) is 25.7 Å². The van der Waals surface area contributed by atoms with Crippen LogP contribution >= 0.6 is 0 Å². The third-order valence-electron chi connectivity index (χ3n) is 4.90. The summed E-state index contributed by atoms with van der Waals surface area (Å²) in [5.41, 5.74) is 0.508. The Hall–Kier alpha value is -4.41. The number of alkyl halides is 3. The number of hydrogen-bond donors (Lipinski definition) is 2. The standard InChI is InChI=1S/C24H21F3N6O2/c1-2-35-20-8-4-3-6-17(20)14-30-23(34)31-22-10-9-18(15-29-22)33-21(24(25,26)27)12-19(32-33)16-7-5-11-28-13-16/h3-13,15H,2,14H2,1H3,(H2,29,30,31,34). The van der Waals surface area contributed by atoms with Gasteiger partial charge in [-0.15, -0.1) is 0 Å². The van der Waals surface area contributed by atoms with Crippen LogP contribution in [0.2, 0.25) is 0 Å². The molecular weight excluding hydrogens is 461 g/mol. The molecule has 11 heteroatoms. The number of carbonyl (C=O) groups excluding carboxylic acids is 1. The summed E-state index contributed by atoms with van der Waals surface area (Å²) in [4.78, 5) is 20.3. The highest BCUT2D eigenvalue weighted by Crippen LogP contribution is 2.34. The van der Waals surface area contributed by atoms with Crippen LogP contribution in [0.4, 0.5) is 23.8 Å². The molecule has 2 N–H and O–H groups in total. The minimum atomic E-state index is -4.64. The van der Waals surface area contributed by atoms with Crippen LogP contribution in [0.15, 0.2) is 73.2 Å². The summed E-state index contributed by atoms with van der Waals surface area (Å²) in [6, 6.07) is 13.8. The van der Waals surface area contributed by atoms with E-state index in [1.54, 1.807) is 12.1 Å². The third-order valence-corrected chi connectivity index (χ3v) is 4.90. The summed E-state index contributed by atoms with van der Waals surface area (Å²) in [6.07, 6.45) is -0.477. The summed E-state index contributed by atoms with van der Waals surface area (Å²) in [6.45, 7) is 2.59. The molecule has 4 rings (SSSR count). The zero-order valence-corrected chi connectivity index (χ0v) is 18.6. The number of pyridine rings is 2. The average Bonchev–Trinajstić information content (AvgIpc) is 3.31. The fourth-order valence-electron chi connectivity index (χ4n) is 3.30. The van der Waals surface area contributed by atoms with E-state index < -0.39 is 17.9 Å². The van der Waals surface area contributed by atoms with Crippen molar-refractivity contribution < 1.29 is 22.7 Å². The summed E-state index contributed by atoms with van der Waals surface area (Å²) in [5, 5.41) is 9.36. The average molecular weight is 482 g/mol. The topological polar surface area (TPSA) is 94.0 Å². The molecule has 2 amide bonds. The fraction of sp³-hybridized carbons (Fsp3) is 0.167. The number of amides is 2. The van der Waals surface area contributed by atoms with Gasteiger partial charge in [0.25, 0.3) is 0 Å². The van der Waals surface area contributed by atoms with E-state index in [1.807, 2.05) is 31.2 Å². The third kappa shape index (κ3) is 5.75. The van der Waals surface area contributed by atoms with Crippen molar-refractivity contribution >= 4 is 11.8 Å². The first-order valence-electron chi connectivity index (χ1n) is 10.6. The number of ether oxygens (including phenoxy) is 1. The lowest BCUT2D eigenvalue weighted by molar-refractivity contribution is -0.142. The minimum Gasteiger partial charge on any atom is -0.494 e. The van der Waals surface area contributed by atoms with Crippen molar-refractivity contribution in [3.05, 3.63) is 84.4 Å². The first kappa shape index (κ1) is 23.7. The Labute approximate surface area is 198 Å². The highest BCUT2D eigenvalue weighted by Gasteiger charge is 2.36. The minimum absolute atomic E-state index is 0.0871. The van der Waals surface area contributed by atoms with Crippen LogP contribution < -0.4 is 15.4 Å². The zero-order valence-electron chi connectivity index (χ0n) is 18.6. The maximum atomic E-state index is 13.6. The quantitative estimate of drug-likeness (QED) is 0.384. The second kappa shape index (κ2) is 10.2. The van der Waals surface area contributed by atoms with Gasteiger partial charge in [0.15, 0.2) is 0 Å². The Bertz CT molecular complexity index is 1290. The van der Waals surface area contributed by atoms with Gasteiger partial charge in [0.05, 0.1) is 24.2 Å². The molecule has 0 aliphatic carbocycles. The predicted molar refractivity (Wildman–Crippen MR) is 123 cm³/mol. The zero-order chi connectivity index (χ0) is 24.8. The van der Waals surface area contributed by atoms with E-state index >= 15 is 0 Å². The number of para-hydroxylation sites is 1. The molecule has 0 spiro atoms. The van der Waals surface area contributed by atoms with Crippen molar-refractivity contribution in [3.8, 4) is 22.7 Å². The Morgan fingerprint density at radius 3 is 2.60 bits per heavy atom. The highest BCUT2D eigenvalue weighted by molar-refractivity contribution is 5.88. The molecule has 0 aliphatic rings. The number of benzene rings is 1. The van der Waals surface area contributed by atoms with Gasteiger partial charge in [0.1, 0.15) is 17.3 Å². The maximum Gasteiger partial charge on any atom is 0.433 e. The van der Waals surface area contributed by atoms with Gasteiger partial charge in [-0.25, -0.2) is 14.5 Å². The molecule has 0 saturated heterocycles. The SMILES string of the molecule is CCOc1ccccc1CNC(=O)Nc1ccc(-n2nc(-c3cccnc3)cc2C(F)(F)F)cn1. The van der Waals surface area contributed by atoms with E-state index in [-0.39, 0.29) is 23.7 Å². The van der Waals surface area contributed by atoms with Crippen molar-refractivity contribution in [2.45, 2.75) is 19.6 Å². The number of aromatic nitrogens is 4. The monoisotopic (exact) mass is 482 g/mol. The van der Waals surface area contributed by atoms with Gasteiger partial charge in [0.2, 0.25) is 0 Å². The summed E-state index contributed by atoms with van der Waals surface area (Å²) < 4.78 is 47.2. The highest BCUT2D eigenvalue weighted by atomic mass is 19.4. The molecule has 35 heavy (non-hydrogen) atoms. The number of rotatable bonds is 7. The van der Waals surface area contributed by atoms with Gasteiger partial charge < -0.3 is 10.1 Å². The Balaban J connectivity index is 1.47. The van der Waals surface area contributed by atoms with Gasteiger partial charge in [-0.3, -0.25) is 10.3 Å². The predicted octanol–water partition coefficient (Wildman–Crippen LogP) is 5.07. The van der Waals surface area contributed by atoms with E-state index in [0.717, 1.165) is 16.3 Å². The van der Waals surface area contributed by atoms with Crippen molar-refractivity contribution in [1.82, 2.24) is 25.1 Å². The Kier molecular flexibility index (Phi) is 6.95. The molecule has 8 nitrogen and oxygen atoms in total. The molecule has 3 heterocycles. The number of hydrogen-bond acceptors (Lipinski definition) is 5. The number of carbonyl (C=O) groups is 1. The van der Waals surface area contributed by atoms with E-state index in [1.165, 1.54) is 30.7 Å². The van der Waals surface area contributed by atoms with Gasteiger partial charge >= 0.3 is 12.2 Å². The number of halogens is 3. The number of nitrogens with one attached hydrogen (secondary N) is 2. The Morgan fingerprint density at radius 1 is 1.09 bits per heavy atom. The number of nitrogens with zero attached hydrogens (tertiary/aromatic N) is 4. The second-order valence-electron chi connectivity index (χ2n) is 7.32. The molecule has 0 bridgehead atoms. The molecule has 0 unspecified atom stereocenters. The molecule has 0 saturated carbocycles. The van der Waals surface area contributed by atoms with E-state index in [9.17, 15) is 18.0 Å². The molecule has 0 aliphatic heterocycles. The molecule has 0 fully saturated rings. The lowest BCUT2D eigenvalue weighted by Crippen LogP contribution is -2.28. The maximum absolute atomic E-state index is 13.6. The van der Waals surface area contributed by atoms with Gasteiger partial charge in [-0.2, -0.15) is 18.3 Å². The van der Waals surface area contributed by atoms with Crippen LogP contribution in [0.5, 0.6) is 5.75 Å². The Morgan fingerprint density at radius 2 is 1.91 bits per heavy atom. The molecule has 3 aromatic heterocycles. The lowest BCUT2D eigenvalue weighted by atomic mass is 10.2. The van der Waals surface area contributed by atoms with Crippen molar-refractivity contribution in [1.29, 1.82) is 0 Å². The first-order chi connectivity index (χ1) is 16.8. The molecule has 1 aromatic carbocycles. The van der Waals surface area contributed by atoms with Crippen LogP contribution in [0.1, 0.15) is 18.2 Å². The largest absolute Gasteiger partial charge is 0.494 e. The molecule has 0 atom stereocenters. The first-order valence-corrected chi connectivity index (χ1v) is 10.6. The van der Waals surface area contributed by atoms with Crippen LogP contribution in [0, 0.1) is 0 Å². The smallest absolute Gasteiger partial charge is 0.433 e. The van der Waals surface area contributed by atoms with Gasteiger partial charge in [-0.1, -0.05) is 18.2 Å². The summed E-state index contributed by atoms with van der Waals surface area (Å²) >= 11 is 0. The van der Waals surface area contributed by atoms with E-state index in [4.69, 9.17) is 4.74 Å². The van der Waals surface area contributed by atoms with Crippen LogP contribution in [-0.2, 0) is 12.7 Å². The normalized spacial score (nSPS) is 11.2. The molecule has 180 valence electrons. The second-order valence-corrected chi connectivity index (χ2v) is 7.32.